The van der Waals surface area contributed by atoms with E-state index >= 15 is 0 Å². The second-order valence-electron chi connectivity index (χ2n) is 7.18. The van der Waals surface area contributed by atoms with Crippen LogP contribution in [0.2, 0.25) is 0 Å². The Morgan fingerprint density at radius 2 is 1.70 bits per heavy atom. The lowest BCUT2D eigenvalue weighted by atomic mass is 9.90. The van der Waals surface area contributed by atoms with Gasteiger partial charge in [0.25, 0.3) is 0 Å². The van der Waals surface area contributed by atoms with E-state index in [1.54, 1.807) is 0 Å². The molecule has 1 unspecified atom stereocenters. The van der Waals surface area contributed by atoms with Crippen molar-refractivity contribution in [1.29, 1.82) is 0 Å². The molecule has 0 heterocycles. The number of rotatable bonds is 11. The van der Waals surface area contributed by atoms with E-state index in [0.717, 1.165) is 32.4 Å². The fraction of sp³-hybridized carbons (Fsp3) is 1.00. The molecule has 0 rings (SSSR count). The van der Waals surface area contributed by atoms with Crippen LogP contribution >= 0.6 is 0 Å². The van der Waals surface area contributed by atoms with Crippen molar-refractivity contribution in [2.24, 2.45) is 5.92 Å². The molecule has 0 radical (unpaired) electrons. The Balaban J connectivity index is 4.39. The molecule has 122 valence electrons. The first kappa shape index (κ1) is 19.9. The summed E-state index contributed by atoms with van der Waals surface area (Å²) in [6.45, 7) is 18.1. The van der Waals surface area contributed by atoms with E-state index in [1.807, 2.05) is 0 Å². The zero-order valence-corrected chi connectivity index (χ0v) is 14.9. The highest BCUT2D eigenvalue weighted by atomic mass is 16.3. The molecule has 0 amide bonds. The van der Waals surface area contributed by atoms with Crippen molar-refractivity contribution >= 4 is 0 Å². The maximum Gasteiger partial charge on any atom is 0.0613 e. The van der Waals surface area contributed by atoms with Gasteiger partial charge >= 0.3 is 0 Å². The van der Waals surface area contributed by atoms with E-state index in [9.17, 15) is 5.11 Å². The number of aliphatic hydroxyl groups is 1. The third kappa shape index (κ3) is 7.61. The highest BCUT2D eigenvalue weighted by molar-refractivity contribution is 4.87. The summed E-state index contributed by atoms with van der Waals surface area (Å²) < 4.78 is 0. The van der Waals surface area contributed by atoms with Crippen LogP contribution in [0.1, 0.15) is 67.7 Å². The minimum Gasteiger partial charge on any atom is -0.394 e. The average Bonchev–Trinajstić information content (AvgIpc) is 2.35. The van der Waals surface area contributed by atoms with Gasteiger partial charge in [-0.1, -0.05) is 34.6 Å². The van der Waals surface area contributed by atoms with E-state index in [0.29, 0.717) is 18.0 Å². The van der Waals surface area contributed by atoms with Crippen molar-refractivity contribution in [3.63, 3.8) is 0 Å². The van der Waals surface area contributed by atoms with Gasteiger partial charge < -0.3 is 15.3 Å². The minimum absolute atomic E-state index is 0.103. The van der Waals surface area contributed by atoms with Gasteiger partial charge in [-0.3, -0.25) is 0 Å². The number of aliphatic hydroxyl groups excluding tert-OH is 1. The summed E-state index contributed by atoms with van der Waals surface area (Å²) in [6.07, 6.45) is 3.16. The Hall–Kier alpha value is -0.120. The van der Waals surface area contributed by atoms with E-state index in [1.165, 1.54) is 0 Å². The average molecular weight is 287 g/mol. The Kier molecular flexibility index (Phi) is 9.69. The number of nitrogens with zero attached hydrogens (tertiary/aromatic N) is 1. The topological polar surface area (TPSA) is 35.5 Å². The van der Waals surface area contributed by atoms with Gasteiger partial charge in [-0.05, 0) is 45.6 Å². The molecule has 0 spiro atoms. The summed E-state index contributed by atoms with van der Waals surface area (Å²) in [5.41, 5.74) is -0.103. The van der Waals surface area contributed by atoms with Gasteiger partial charge in [-0.25, -0.2) is 0 Å². The fourth-order valence-corrected chi connectivity index (χ4v) is 2.85. The summed E-state index contributed by atoms with van der Waals surface area (Å²) in [5, 5.41) is 13.3. The normalized spacial score (nSPS) is 15.6. The van der Waals surface area contributed by atoms with Gasteiger partial charge in [-0.2, -0.15) is 0 Å². The Labute approximate surface area is 127 Å². The summed E-state index contributed by atoms with van der Waals surface area (Å²) in [4.78, 5) is 2.55. The number of nitrogens with one attached hydrogen (secondary N) is 1. The lowest BCUT2D eigenvalue weighted by Gasteiger charge is -2.36. The van der Waals surface area contributed by atoms with Crippen molar-refractivity contribution < 1.29 is 5.11 Å². The van der Waals surface area contributed by atoms with Crippen LogP contribution < -0.4 is 5.32 Å². The van der Waals surface area contributed by atoms with E-state index in [4.69, 9.17) is 0 Å². The van der Waals surface area contributed by atoms with Crippen LogP contribution in [0.3, 0.4) is 0 Å². The largest absolute Gasteiger partial charge is 0.394 e. The zero-order valence-electron chi connectivity index (χ0n) is 14.9. The third-order valence-electron chi connectivity index (χ3n) is 4.00. The Morgan fingerprint density at radius 3 is 2.05 bits per heavy atom. The molecule has 20 heavy (non-hydrogen) atoms. The Morgan fingerprint density at radius 1 is 1.10 bits per heavy atom. The first-order valence-electron chi connectivity index (χ1n) is 8.39. The number of hydrogen-bond acceptors (Lipinski definition) is 3. The van der Waals surface area contributed by atoms with Crippen molar-refractivity contribution in [2.45, 2.75) is 85.4 Å². The molecule has 0 bridgehead atoms. The smallest absolute Gasteiger partial charge is 0.0613 e. The van der Waals surface area contributed by atoms with Crippen LogP contribution in [-0.2, 0) is 0 Å². The van der Waals surface area contributed by atoms with Gasteiger partial charge in [0.2, 0.25) is 0 Å². The van der Waals surface area contributed by atoms with Crippen molar-refractivity contribution in [1.82, 2.24) is 10.2 Å². The Bertz CT molecular complexity index is 235. The molecule has 0 saturated carbocycles. The molecule has 0 aliphatic heterocycles. The van der Waals surface area contributed by atoms with Crippen LogP contribution in [-0.4, -0.2) is 47.3 Å². The van der Waals surface area contributed by atoms with Crippen LogP contribution in [0.5, 0.6) is 0 Å². The highest BCUT2D eigenvalue weighted by Gasteiger charge is 2.27. The lowest BCUT2D eigenvalue weighted by Crippen LogP contribution is -2.51. The highest BCUT2D eigenvalue weighted by Crippen LogP contribution is 2.19. The summed E-state index contributed by atoms with van der Waals surface area (Å²) in [7, 11) is 0. The first-order chi connectivity index (χ1) is 9.26. The lowest BCUT2D eigenvalue weighted by molar-refractivity contribution is 0.124. The molecule has 0 aromatic rings. The van der Waals surface area contributed by atoms with Crippen molar-refractivity contribution in [3.05, 3.63) is 0 Å². The van der Waals surface area contributed by atoms with Crippen molar-refractivity contribution in [2.75, 3.05) is 19.7 Å². The molecule has 3 nitrogen and oxygen atoms in total. The molecular weight excluding hydrogens is 248 g/mol. The van der Waals surface area contributed by atoms with Crippen molar-refractivity contribution in [3.8, 4) is 0 Å². The SMILES string of the molecule is CCC(CO)(CCCN(CC(C)C)C(C)C)NC(C)C. The van der Waals surface area contributed by atoms with Gasteiger partial charge in [0.1, 0.15) is 0 Å². The quantitative estimate of drug-likeness (QED) is 0.612. The second kappa shape index (κ2) is 9.75. The zero-order chi connectivity index (χ0) is 15.8. The molecule has 0 aromatic carbocycles. The first-order valence-corrected chi connectivity index (χ1v) is 8.39. The summed E-state index contributed by atoms with van der Waals surface area (Å²) >= 11 is 0. The molecule has 1 atom stereocenters. The van der Waals surface area contributed by atoms with Gasteiger partial charge in [0.05, 0.1) is 6.61 Å². The predicted octanol–water partition coefficient (Wildman–Crippen LogP) is 3.27. The standard InChI is InChI=1S/C17H38N2O/c1-8-17(13-20,18-15(4)5)10-9-11-19(16(6)7)12-14(2)3/h14-16,18,20H,8-13H2,1-7H3. The van der Waals surface area contributed by atoms with Gasteiger partial charge in [0.15, 0.2) is 0 Å². The van der Waals surface area contributed by atoms with E-state index in [-0.39, 0.29) is 12.1 Å². The van der Waals surface area contributed by atoms with Crippen LogP contribution in [0, 0.1) is 5.92 Å². The molecule has 0 aromatic heterocycles. The van der Waals surface area contributed by atoms with Crippen LogP contribution in [0.25, 0.3) is 0 Å². The fourth-order valence-electron chi connectivity index (χ4n) is 2.85. The van der Waals surface area contributed by atoms with E-state index < -0.39 is 0 Å². The molecule has 0 fully saturated rings. The predicted molar refractivity (Wildman–Crippen MR) is 89.2 cm³/mol. The molecule has 0 saturated heterocycles. The molecular formula is C17H38N2O. The second-order valence-corrected chi connectivity index (χ2v) is 7.18. The maximum absolute atomic E-state index is 9.77. The van der Waals surface area contributed by atoms with Crippen LogP contribution in [0.4, 0.5) is 0 Å². The molecule has 2 N–H and O–H groups in total. The number of hydrogen-bond donors (Lipinski definition) is 2. The minimum atomic E-state index is -0.103. The maximum atomic E-state index is 9.77. The molecule has 0 aliphatic carbocycles. The monoisotopic (exact) mass is 286 g/mol. The molecule has 0 aliphatic rings. The third-order valence-corrected chi connectivity index (χ3v) is 4.00. The summed E-state index contributed by atoms with van der Waals surface area (Å²) in [5.74, 6) is 0.708. The summed E-state index contributed by atoms with van der Waals surface area (Å²) in [6, 6.07) is 1.01. The van der Waals surface area contributed by atoms with Crippen LogP contribution in [0.15, 0.2) is 0 Å². The van der Waals surface area contributed by atoms with E-state index in [2.05, 4.69) is 58.7 Å². The van der Waals surface area contributed by atoms with Gasteiger partial charge in [-0.15, -0.1) is 0 Å². The molecule has 3 heteroatoms. The van der Waals surface area contributed by atoms with Gasteiger partial charge in [0, 0.05) is 24.2 Å².